The van der Waals surface area contributed by atoms with Crippen LogP contribution in [0.4, 0.5) is 13.2 Å². The number of hydrogen-bond donors (Lipinski definition) is 2. The SMILES string of the molecule is CC(=O)N[C@@H](CSc1ncccc1C(F)(F)F)C(=O)O. The number of carboxylic acids is 1. The van der Waals surface area contributed by atoms with E-state index >= 15 is 0 Å². The minimum absolute atomic E-state index is 0.255. The first-order chi connectivity index (χ1) is 9.21. The Labute approximate surface area is 116 Å². The summed E-state index contributed by atoms with van der Waals surface area (Å²) in [5, 5.41) is 10.7. The molecule has 0 saturated carbocycles. The van der Waals surface area contributed by atoms with Gasteiger partial charge in [0.15, 0.2) is 0 Å². The standard InChI is InChI=1S/C11H11F3N2O3S/c1-6(17)16-8(10(18)19)5-20-9-7(11(12,13)14)3-2-4-15-9/h2-4,8H,5H2,1H3,(H,16,17)(H,18,19)/t8-/m0/s1. The summed E-state index contributed by atoms with van der Waals surface area (Å²) < 4.78 is 38.1. The van der Waals surface area contributed by atoms with Crippen molar-refractivity contribution in [1.82, 2.24) is 10.3 Å². The fourth-order valence-electron chi connectivity index (χ4n) is 1.30. The molecule has 0 radical (unpaired) electrons. The number of carbonyl (C=O) groups excluding carboxylic acids is 1. The van der Waals surface area contributed by atoms with E-state index in [0.29, 0.717) is 11.8 Å². The molecule has 1 amide bonds. The van der Waals surface area contributed by atoms with Crippen molar-refractivity contribution in [3.05, 3.63) is 23.9 Å². The van der Waals surface area contributed by atoms with Crippen molar-refractivity contribution in [1.29, 1.82) is 0 Å². The van der Waals surface area contributed by atoms with Crippen LogP contribution in [0, 0.1) is 0 Å². The second kappa shape index (κ2) is 6.60. The number of carbonyl (C=O) groups is 2. The molecule has 0 unspecified atom stereocenters. The third kappa shape index (κ3) is 4.72. The molecule has 9 heteroatoms. The molecule has 1 rings (SSSR count). The van der Waals surface area contributed by atoms with E-state index in [1.54, 1.807) is 0 Å². The number of nitrogens with zero attached hydrogens (tertiary/aromatic N) is 1. The topological polar surface area (TPSA) is 79.3 Å². The largest absolute Gasteiger partial charge is 0.480 e. The van der Waals surface area contributed by atoms with Crippen LogP contribution in [0.25, 0.3) is 0 Å². The van der Waals surface area contributed by atoms with Gasteiger partial charge >= 0.3 is 12.1 Å². The smallest absolute Gasteiger partial charge is 0.419 e. The second-order valence-corrected chi connectivity index (χ2v) is 4.76. The number of rotatable bonds is 5. The molecule has 5 nitrogen and oxygen atoms in total. The van der Waals surface area contributed by atoms with Crippen molar-refractivity contribution in [3.8, 4) is 0 Å². The van der Waals surface area contributed by atoms with E-state index in [9.17, 15) is 22.8 Å². The lowest BCUT2D eigenvalue weighted by Gasteiger charge is -2.14. The number of amides is 1. The molecule has 0 aliphatic heterocycles. The van der Waals surface area contributed by atoms with E-state index in [1.807, 2.05) is 0 Å². The zero-order valence-corrected chi connectivity index (χ0v) is 11.1. The van der Waals surface area contributed by atoms with Gasteiger partial charge in [-0.3, -0.25) is 4.79 Å². The van der Waals surface area contributed by atoms with Crippen LogP contribution in [0.15, 0.2) is 23.4 Å². The summed E-state index contributed by atoms with van der Waals surface area (Å²) in [6.07, 6.45) is -3.38. The van der Waals surface area contributed by atoms with Crippen LogP contribution in [0.1, 0.15) is 12.5 Å². The quantitative estimate of drug-likeness (QED) is 0.811. The highest BCUT2D eigenvalue weighted by molar-refractivity contribution is 7.99. The fraction of sp³-hybridized carbons (Fsp3) is 0.364. The highest BCUT2D eigenvalue weighted by atomic mass is 32.2. The van der Waals surface area contributed by atoms with Crippen LogP contribution in [0.3, 0.4) is 0 Å². The van der Waals surface area contributed by atoms with E-state index in [0.717, 1.165) is 19.1 Å². The summed E-state index contributed by atoms with van der Waals surface area (Å²) in [5.74, 6) is -2.15. The zero-order chi connectivity index (χ0) is 15.3. The number of nitrogens with one attached hydrogen (secondary N) is 1. The van der Waals surface area contributed by atoms with Crippen LogP contribution in [-0.4, -0.2) is 33.8 Å². The monoisotopic (exact) mass is 308 g/mol. The molecule has 1 atom stereocenters. The zero-order valence-electron chi connectivity index (χ0n) is 10.3. The number of aliphatic carboxylic acids is 1. The minimum atomic E-state index is -4.57. The Bertz CT molecular complexity index is 508. The van der Waals surface area contributed by atoms with E-state index in [-0.39, 0.29) is 10.8 Å². The molecule has 0 spiro atoms. The minimum Gasteiger partial charge on any atom is -0.480 e. The molecule has 0 saturated heterocycles. The first-order valence-electron chi connectivity index (χ1n) is 5.36. The maximum Gasteiger partial charge on any atom is 0.419 e. The van der Waals surface area contributed by atoms with Crippen molar-refractivity contribution in [2.45, 2.75) is 24.2 Å². The van der Waals surface area contributed by atoms with Crippen LogP contribution in [0.2, 0.25) is 0 Å². The molecule has 20 heavy (non-hydrogen) atoms. The van der Waals surface area contributed by atoms with Gasteiger partial charge in [0.05, 0.1) is 5.56 Å². The van der Waals surface area contributed by atoms with Crippen molar-refractivity contribution in [2.75, 3.05) is 5.75 Å². The number of halogens is 3. The summed E-state index contributed by atoms with van der Waals surface area (Å²) in [4.78, 5) is 25.3. The summed E-state index contributed by atoms with van der Waals surface area (Å²) >= 11 is 0.626. The number of pyridine rings is 1. The summed E-state index contributed by atoms with van der Waals surface area (Å²) in [6, 6.07) is 0.736. The molecule has 1 heterocycles. The third-order valence-corrected chi connectivity index (χ3v) is 3.24. The van der Waals surface area contributed by atoms with E-state index in [4.69, 9.17) is 5.11 Å². The molecule has 0 aliphatic carbocycles. The van der Waals surface area contributed by atoms with Crippen LogP contribution in [-0.2, 0) is 15.8 Å². The molecule has 1 aromatic rings. The molecule has 0 aliphatic rings. The van der Waals surface area contributed by atoms with Crippen LogP contribution in [0.5, 0.6) is 0 Å². The lowest BCUT2D eigenvalue weighted by molar-refractivity contribution is -0.140. The first-order valence-corrected chi connectivity index (χ1v) is 6.35. The summed E-state index contributed by atoms with van der Waals surface area (Å²) in [6.45, 7) is 1.13. The number of thioether (sulfide) groups is 1. The molecule has 1 aromatic heterocycles. The van der Waals surface area contributed by atoms with Gasteiger partial charge in [0, 0.05) is 18.9 Å². The average molecular weight is 308 g/mol. The predicted octanol–water partition coefficient (Wildman–Crippen LogP) is 1.78. The van der Waals surface area contributed by atoms with Gasteiger partial charge in [-0.05, 0) is 12.1 Å². The highest BCUT2D eigenvalue weighted by Crippen LogP contribution is 2.35. The first kappa shape index (κ1) is 16.3. The Morgan fingerprint density at radius 2 is 2.15 bits per heavy atom. The van der Waals surface area contributed by atoms with Crippen LogP contribution < -0.4 is 5.32 Å². The maximum atomic E-state index is 12.7. The molecule has 0 bridgehead atoms. The van der Waals surface area contributed by atoms with Gasteiger partial charge < -0.3 is 10.4 Å². The fourth-order valence-corrected chi connectivity index (χ4v) is 2.33. The maximum absolute atomic E-state index is 12.7. The van der Waals surface area contributed by atoms with E-state index in [1.165, 1.54) is 6.20 Å². The lowest BCUT2D eigenvalue weighted by atomic mass is 10.3. The van der Waals surface area contributed by atoms with Crippen molar-refractivity contribution >= 4 is 23.6 Å². The molecule has 0 aromatic carbocycles. The third-order valence-electron chi connectivity index (χ3n) is 2.14. The number of hydrogen-bond acceptors (Lipinski definition) is 4. The van der Waals surface area contributed by atoms with E-state index < -0.39 is 29.7 Å². The molecule has 0 fully saturated rings. The predicted molar refractivity (Wildman–Crippen MR) is 65.2 cm³/mol. The van der Waals surface area contributed by atoms with Crippen LogP contribution >= 0.6 is 11.8 Å². The van der Waals surface area contributed by atoms with Gasteiger partial charge in [-0.15, -0.1) is 11.8 Å². The molecular weight excluding hydrogens is 297 g/mol. The highest BCUT2D eigenvalue weighted by Gasteiger charge is 2.34. The Hall–Kier alpha value is -1.77. The van der Waals surface area contributed by atoms with Gasteiger partial charge in [0.2, 0.25) is 5.91 Å². The Balaban J connectivity index is 2.83. The lowest BCUT2D eigenvalue weighted by Crippen LogP contribution is -2.41. The Kier molecular flexibility index (Phi) is 5.37. The van der Waals surface area contributed by atoms with Gasteiger partial charge in [-0.25, -0.2) is 9.78 Å². The summed E-state index contributed by atoms with van der Waals surface area (Å²) in [7, 11) is 0. The number of aromatic nitrogens is 1. The normalized spacial score (nSPS) is 12.8. The van der Waals surface area contributed by atoms with Gasteiger partial charge in [0.25, 0.3) is 0 Å². The second-order valence-electron chi connectivity index (χ2n) is 3.76. The average Bonchev–Trinajstić information content (AvgIpc) is 2.33. The van der Waals surface area contributed by atoms with Gasteiger partial charge in [-0.1, -0.05) is 0 Å². The van der Waals surface area contributed by atoms with E-state index in [2.05, 4.69) is 10.3 Å². The Morgan fingerprint density at radius 3 is 2.65 bits per heavy atom. The number of alkyl halides is 3. The molecule has 110 valence electrons. The van der Waals surface area contributed by atoms with Gasteiger partial charge in [-0.2, -0.15) is 13.2 Å². The van der Waals surface area contributed by atoms with Crippen molar-refractivity contribution < 1.29 is 27.9 Å². The molecular formula is C11H11F3N2O3S. The van der Waals surface area contributed by atoms with Crippen molar-refractivity contribution in [2.24, 2.45) is 0 Å². The van der Waals surface area contributed by atoms with Gasteiger partial charge in [0.1, 0.15) is 11.1 Å². The molecule has 2 N–H and O–H groups in total. The van der Waals surface area contributed by atoms with Crippen molar-refractivity contribution in [3.63, 3.8) is 0 Å². The Morgan fingerprint density at radius 1 is 1.50 bits per heavy atom. The summed E-state index contributed by atoms with van der Waals surface area (Å²) in [5.41, 5.74) is -0.933. The number of carboxylic acid groups (broad SMARTS) is 1.